The van der Waals surface area contributed by atoms with Gasteiger partial charge in [0.2, 0.25) is 0 Å². The van der Waals surface area contributed by atoms with Crippen LogP contribution in [0, 0.1) is 16.2 Å². The average molecular weight is 834 g/mol. The molecule has 0 saturated carbocycles. The van der Waals surface area contributed by atoms with Crippen LogP contribution in [0.1, 0.15) is 38.5 Å². The molecular weight excluding hydrogens is 775 g/mol. The minimum atomic E-state index is -0.109. The van der Waals surface area contributed by atoms with Gasteiger partial charge in [-0.15, -0.1) is 0 Å². The van der Waals surface area contributed by atoms with Gasteiger partial charge in [0.05, 0.1) is 57.0 Å². The molecule has 0 aromatic heterocycles. The number of guanidine groups is 3. The molecule has 0 fully saturated rings. The average Bonchev–Trinajstić information content (AvgIpc) is 3.18. The molecule has 0 aliphatic carbocycles. The smallest absolute Gasteiger partial charge is 0.186 e. The van der Waals surface area contributed by atoms with Crippen LogP contribution in [-0.4, -0.2) is 94.7 Å². The molecule has 0 aliphatic heterocycles. The normalized spacial score (nSPS) is 10.5. The van der Waals surface area contributed by atoms with E-state index in [0.717, 1.165) is 0 Å². The van der Waals surface area contributed by atoms with Crippen molar-refractivity contribution in [3.05, 3.63) is 48.5 Å². The minimum absolute atomic E-state index is 0.00980. The summed E-state index contributed by atoms with van der Waals surface area (Å²) >= 11 is 0. The molecule has 21 nitrogen and oxygen atoms in total. The number of rotatable bonds is 29. The topological polar surface area (TPSA) is 398 Å². The van der Waals surface area contributed by atoms with E-state index in [9.17, 15) is 0 Å². The summed E-state index contributed by atoms with van der Waals surface area (Å²) in [5.41, 5.74) is 52.7. The first-order valence-corrected chi connectivity index (χ1v) is 19.1. The van der Waals surface area contributed by atoms with E-state index in [1.54, 1.807) is 24.3 Å². The predicted molar refractivity (Wildman–Crippen MR) is 236 cm³/mol. The molecule has 326 valence electrons. The van der Waals surface area contributed by atoms with E-state index >= 15 is 0 Å². The van der Waals surface area contributed by atoms with Gasteiger partial charge in [0.25, 0.3) is 0 Å². The monoisotopic (exact) mass is 833 g/mol. The molecule has 3 aromatic rings. The highest BCUT2D eigenvalue weighted by atomic mass is 16.5. The maximum atomic E-state index is 7.79. The number of amidine groups is 3. The number of nitrogens with one attached hydrogen (secondary N) is 3. The largest absolute Gasteiger partial charge is 0.490 e. The molecule has 0 atom stereocenters. The molecule has 21 heteroatoms. The Morgan fingerprint density at radius 3 is 1.07 bits per heavy atom. The number of hydrogen-bond acceptors (Lipinski definition) is 12. The van der Waals surface area contributed by atoms with Crippen LogP contribution in [0.15, 0.2) is 63.5 Å². The highest BCUT2D eigenvalue weighted by Crippen LogP contribution is 2.51. The summed E-state index contributed by atoms with van der Waals surface area (Å²) < 4.78 is 38.1. The van der Waals surface area contributed by atoms with Crippen LogP contribution < -0.4 is 80.0 Å². The highest BCUT2D eigenvalue weighted by Gasteiger charge is 2.26. The van der Waals surface area contributed by atoms with Gasteiger partial charge in [-0.25, -0.2) is 0 Å². The van der Waals surface area contributed by atoms with E-state index in [1.807, 2.05) is 24.3 Å². The van der Waals surface area contributed by atoms with E-state index in [4.69, 9.17) is 96.3 Å². The Morgan fingerprint density at radius 2 is 0.683 bits per heavy atom. The van der Waals surface area contributed by atoms with Crippen LogP contribution in [0.3, 0.4) is 0 Å². The molecule has 0 heterocycles. The van der Waals surface area contributed by atoms with Crippen molar-refractivity contribution in [1.29, 1.82) is 16.2 Å². The Morgan fingerprint density at radius 1 is 0.383 bits per heavy atom. The van der Waals surface area contributed by atoms with Crippen molar-refractivity contribution >= 4 is 35.4 Å². The zero-order valence-corrected chi connectivity index (χ0v) is 33.7. The van der Waals surface area contributed by atoms with Gasteiger partial charge in [0.15, 0.2) is 52.4 Å². The zero-order valence-electron chi connectivity index (χ0n) is 33.7. The maximum absolute atomic E-state index is 7.79. The fourth-order valence-corrected chi connectivity index (χ4v) is 5.55. The van der Waals surface area contributed by atoms with Gasteiger partial charge in [-0.1, -0.05) is 24.3 Å². The highest BCUT2D eigenvalue weighted by molar-refractivity contribution is 5.88. The van der Waals surface area contributed by atoms with Gasteiger partial charge >= 0.3 is 0 Å². The standard InChI is InChI=1S/C39H59N15O6/c40-30(41)10-3-18-55-28-8-1-7-25(34(28)59-22-16-53-38(48)49)26-13-14-27(36(60-23-17-54-39(50)51)35(26)58-20-5-12-32(44)45)24-6-2-9-29(56-21-15-52-37(46)47)33(24)57-19-4-11-31(42)43/h1-2,6-9,13-14H,3-5,10-12,15-23H2,(H3,40,41)(H3,42,43)(H3,44,45)(H4,46,47,52)(H4,48,49,53)(H4,50,51,54). The SMILES string of the molecule is N=C(N)CCCOc1cccc(-c2ccc(-c3cccc(OCCN=C(N)N)c3OCCCC(=N)N)c(OCCN=C(N)N)c2OCCCC(=N)N)c1OCCN=C(N)N. The van der Waals surface area contributed by atoms with Crippen LogP contribution in [0.25, 0.3) is 22.3 Å². The molecule has 0 radical (unpaired) electrons. The second-order valence-electron chi connectivity index (χ2n) is 13.0. The summed E-state index contributed by atoms with van der Waals surface area (Å²) in [5, 5.41) is 23.1. The van der Waals surface area contributed by atoms with E-state index in [0.29, 0.717) is 88.9 Å². The Bertz CT molecular complexity index is 1980. The lowest BCUT2D eigenvalue weighted by atomic mass is 9.96. The first-order valence-electron chi connectivity index (χ1n) is 19.1. The summed E-state index contributed by atoms with van der Waals surface area (Å²) in [6, 6.07) is 14.5. The van der Waals surface area contributed by atoms with E-state index in [2.05, 4.69) is 15.0 Å². The van der Waals surface area contributed by atoms with Gasteiger partial charge in [0.1, 0.15) is 19.8 Å². The van der Waals surface area contributed by atoms with Gasteiger partial charge in [-0.2, -0.15) is 0 Å². The van der Waals surface area contributed by atoms with Gasteiger partial charge in [-0.05, 0) is 43.5 Å². The molecule has 0 unspecified atom stereocenters. The summed E-state index contributed by atoms with van der Waals surface area (Å²) in [4.78, 5) is 12.2. The van der Waals surface area contributed by atoms with Gasteiger partial charge in [0, 0.05) is 41.5 Å². The number of benzene rings is 3. The zero-order chi connectivity index (χ0) is 43.9. The number of nitrogens with two attached hydrogens (primary N) is 9. The molecule has 21 N–H and O–H groups in total. The van der Waals surface area contributed by atoms with Crippen molar-refractivity contribution in [3.63, 3.8) is 0 Å². The van der Waals surface area contributed by atoms with Crippen molar-refractivity contribution in [2.24, 2.45) is 66.6 Å². The molecule has 0 bridgehead atoms. The Hall–Kier alpha value is -7.32. The van der Waals surface area contributed by atoms with Crippen molar-refractivity contribution < 1.29 is 28.4 Å². The molecule has 0 saturated heterocycles. The molecular formula is C39H59N15O6. The first kappa shape index (κ1) is 47.1. The fourth-order valence-electron chi connectivity index (χ4n) is 5.55. The van der Waals surface area contributed by atoms with E-state index in [1.165, 1.54) is 0 Å². The number of nitrogens with zero attached hydrogens (tertiary/aromatic N) is 3. The third-order valence-electron chi connectivity index (χ3n) is 8.08. The van der Waals surface area contributed by atoms with E-state index < -0.39 is 0 Å². The maximum Gasteiger partial charge on any atom is 0.186 e. The summed E-state index contributed by atoms with van der Waals surface area (Å²) in [6.07, 6.45) is 2.33. The minimum Gasteiger partial charge on any atom is -0.490 e. The number of ether oxygens (including phenoxy) is 6. The summed E-state index contributed by atoms with van der Waals surface area (Å²) in [7, 11) is 0. The number of hydrogen-bond donors (Lipinski definition) is 12. The lowest BCUT2D eigenvalue weighted by molar-refractivity contribution is 0.268. The Labute approximate surface area is 349 Å². The Kier molecular flexibility index (Phi) is 19.7. The van der Waals surface area contributed by atoms with Crippen LogP contribution in [0.5, 0.6) is 34.5 Å². The van der Waals surface area contributed by atoms with Gasteiger partial charge < -0.3 is 80.0 Å². The fraction of sp³-hybridized carbons (Fsp3) is 0.385. The predicted octanol–water partition coefficient (Wildman–Crippen LogP) is 1.26. The summed E-state index contributed by atoms with van der Waals surface area (Å²) in [5.74, 6) is 1.98. The van der Waals surface area contributed by atoms with Crippen LogP contribution >= 0.6 is 0 Å². The Balaban J connectivity index is 2.33. The number of para-hydroxylation sites is 2. The van der Waals surface area contributed by atoms with Gasteiger partial charge in [-0.3, -0.25) is 31.2 Å². The quantitative estimate of drug-likeness (QED) is 0.0266. The van der Waals surface area contributed by atoms with E-state index in [-0.39, 0.29) is 101 Å². The molecule has 0 amide bonds. The van der Waals surface area contributed by atoms with Crippen molar-refractivity contribution in [2.75, 3.05) is 59.3 Å². The lowest BCUT2D eigenvalue weighted by Gasteiger charge is -2.23. The van der Waals surface area contributed by atoms with Crippen LogP contribution in [0.4, 0.5) is 0 Å². The van der Waals surface area contributed by atoms with Crippen molar-refractivity contribution in [2.45, 2.75) is 38.5 Å². The third kappa shape index (κ3) is 16.3. The molecule has 0 aliphatic rings. The molecule has 3 aromatic carbocycles. The van der Waals surface area contributed by atoms with Crippen LogP contribution in [-0.2, 0) is 0 Å². The molecule has 0 spiro atoms. The van der Waals surface area contributed by atoms with Crippen molar-refractivity contribution in [1.82, 2.24) is 0 Å². The first-order chi connectivity index (χ1) is 28.8. The third-order valence-corrected chi connectivity index (χ3v) is 8.08. The molecule has 60 heavy (non-hydrogen) atoms. The summed E-state index contributed by atoms with van der Waals surface area (Å²) in [6.45, 7) is 1.32. The second-order valence-corrected chi connectivity index (χ2v) is 13.0. The number of aliphatic imine (C=N–C) groups is 3. The molecule has 3 rings (SSSR count). The lowest BCUT2D eigenvalue weighted by Crippen LogP contribution is -2.23. The van der Waals surface area contributed by atoms with Crippen LogP contribution in [0.2, 0.25) is 0 Å². The van der Waals surface area contributed by atoms with Crippen molar-refractivity contribution in [3.8, 4) is 56.8 Å². The second kappa shape index (κ2) is 25.1.